The molecule has 2 fully saturated rings. The largest absolute Gasteiger partial charge is 0.504 e. The third-order valence-electron chi connectivity index (χ3n) is 6.45. The second-order valence-corrected chi connectivity index (χ2v) is 9.02. The Bertz CT molecular complexity index is 840. The van der Waals surface area contributed by atoms with Gasteiger partial charge in [0, 0.05) is 26.1 Å². The Hall–Kier alpha value is -2.43. The summed E-state index contributed by atoms with van der Waals surface area (Å²) in [5.74, 6) is -1.77. The van der Waals surface area contributed by atoms with E-state index in [1.807, 2.05) is 0 Å². The number of amides is 2. The third kappa shape index (κ3) is 6.33. The van der Waals surface area contributed by atoms with E-state index in [1.54, 1.807) is 9.80 Å². The van der Waals surface area contributed by atoms with Gasteiger partial charge in [0.15, 0.2) is 11.5 Å². The predicted molar refractivity (Wildman–Crippen MR) is 118 cm³/mol. The topological polar surface area (TPSA) is 134 Å². The molecule has 0 saturated carbocycles. The summed E-state index contributed by atoms with van der Waals surface area (Å²) in [5, 5.41) is 42.6. The lowest BCUT2D eigenvalue weighted by atomic mass is 9.97. The van der Waals surface area contributed by atoms with Gasteiger partial charge >= 0.3 is 0 Å². The van der Waals surface area contributed by atoms with E-state index in [4.69, 9.17) is 0 Å². The number of phenols is 2. The zero-order chi connectivity index (χ0) is 24.1. The second-order valence-electron chi connectivity index (χ2n) is 9.02. The summed E-state index contributed by atoms with van der Waals surface area (Å²) < 4.78 is 13.8. The number of aliphatic hydroxyl groups excluding tert-OH is 2. The zero-order valence-corrected chi connectivity index (χ0v) is 18.9. The fourth-order valence-electron chi connectivity index (χ4n) is 4.61. The molecule has 0 aliphatic carbocycles. The summed E-state index contributed by atoms with van der Waals surface area (Å²) in [4.78, 5) is 28.8. The van der Waals surface area contributed by atoms with Gasteiger partial charge in [-0.1, -0.05) is 6.07 Å². The van der Waals surface area contributed by atoms with Gasteiger partial charge in [-0.25, -0.2) is 4.39 Å². The number of benzene rings is 1. The van der Waals surface area contributed by atoms with Crippen LogP contribution in [-0.2, 0) is 16.0 Å². The summed E-state index contributed by atoms with van der Waals surface area (Å²) in [6.07, 6.45) is -0.181. The minimum Gasteiger partial charge on any atom is -0.504 e. The molecule has 1 aromatic rings. The smallest absolute Gasteiger partial charge is 0.249 e. The van der Waals surface area contributed by atoms with E-state index in [1.165, 1.54) is 25.1 Å². The van der Waals surface area contributed by atoms with Crippen LogP contribution in [0.1, 0.15) is 44.6 Å². The van der Waals surface area contributed by atoms with Crippen LogP contribution in [0.3, 0.4) is 0 Å². The van der Waals surface area contributed by atoms with Crippen LogP contribution in [-0.4, -0.2) is 92.3 Å². The lowest BCUT2D eigenvalue weighted by Gasteiger charge is -2.44. The first-order valence-corrected chi connectivity index (χ1v) is 11.5. The average molecular weight is 468 g/mol. The quantitative estimate of drug-likeness (QED) is 0.372. The second kappa shape index (κ2) is 11.1. The van der Waals surface area contributed by atoms with Crippen molar-refractivity contribution in [2.75, 3.05) is 19.6 Å². The Kier molecular flexibility index (Phi) is 8.50. The van der Waals surface area contributed by atoms with Crippen molar-refractivity contribution >= 4 is 11.8 Å². The molecule has 2 aliphatic rings. The summed E-state index contributed by atoms with van der Waals surface area (Å²) in [6, 6.07) is 2.58. The van der Waals surface area contributed by atoms with E-state index in [9.17, 15) is 34.4 Å². The highest BCUT2D eigenvalue weighted by molar-refractivity contribution is 5.89. The van der Waals surface area contributed by atoms with E-state index in [-0.39, 0.29) is 30.4 Å². The van der Waals surface area contributed by atoms with Crippen molar-refractivity contribution in [1.29, 1.82) is 0 Å². The van der Waals surface area contributed by atoms with Gasteiger partial charge in [0.25, 0.3) is 0 Å². The maximum absolute atomic E-state index is 13.8. The Morgan fingerprint density at radius 2 is 1.88 bits per heavy atom. The molecule has 2 amide bonds. The molecule has 0 spiro atoms. The Labute approximate surface area is 192 Å². The molecule has 2 heterocycles. The highest BCUT2D eigenvalue weighted by Gasteiger charge is 2.38. The van der Waals surface area contributed by atoms with Crippen LogP contribution in [0.5, 0.6) is 11.5 Å². The van der Waals surface area contributed by atoms with Crippen molar-refractivity contribution in [2.45, 2.75) is 76.0 Å². The number of phenolic OH excluding ortho intramolecular Hbond substituents is 2. The molecule has 1 aromatic carbocycles. The number of alkyl halides is 1. The SMILES string of the molecule is CC(NC(=O)C(O)Cc1ccc(O)c(O)c1)C(=O)N1CCCCC1C(O)N1CCCC(F)C1. The van der Waals surface area contributed by atoms with Crippen LogP contribution >= 0.6 is 0 Å². The number of aromatic hydroxyl groups is 2. The number of nitrogens with zero attached hydrogens (tertiary/aromatic N) is 2. The normalized spacial score (nSPS) is 24.7. The van der Waals surface area contributed by atoms with Gasteiger partial charge in [-0.15, -0.1) is 0 Å². The predicted octanol–water partition coefficient (Wildman–Crippen LogP) is 0.639. The summed E-state index contributed by atoms with van der Waals surface area (Å²) in [5.41, 5.74) is 0.443. The summed E-state index contributed by atoms with van der Waals surface area (Å²) in [6.45, 7) is 2.68. The van der Waals surface area contributed by atoms with Crippen LogP contribution in [0.15, 0.2) is 18.2 Å². The zero-order valence-electron chi connectivity index (χ0n) is 18.9. The molecule has 5 atom stereocenters. The molecule has 3 rings (SSSR count). The molecule has 10 heteroatoms. The first kappa shape index (κ1) is 25.2. The maximum atomic E-state index is 13.8. The van der Waals surface area contributed by atoms with Crippen molar-refractivity contribution in [3.63, 3.8) is 0 Å². The Morgan fingerprint density at radius 1 is 1.12 bits per heavy atom. The van der Waals surface area contributed by atoms with Gasteiger partial charge in [-0.3, -0.25) is 14.5 Å². The van der Waals surface area contributed by atoms with Gasteiger partial charge < -0.3 is 30.6 Å². The third-order valence-corrected chi connectivity index (χ3v) is 6.45. The molecule has 9 nitrogen and oxygen atoms in total. The molecule has 2 aliphatic heterocycles. The number of halogens is 1. The minimum atomic E-state index is -1.46. The molecule has 5 N–H and O–H groups in total. The number of likely N-dealkylation sites (tertiary alicyclic amines) is 2. The van der Waals surface area contributed by atoms with Gasteiger partial charge in [0.1, 0.15) is 24.5 Å². The van der Waals surface area contributed by atoms with Gasteiger partial charge in [-0.05, 0) is 56.7 Å². The summed E-state index contributed by atoms with van der Waals surface area (Å²) >= 11 is 0. The average Bonchev–Trinajstić information content (AvgIpc) is 2.80. The highest BCUT2D eigenvalue weighted by atomic mass is 19.1. The fraction of sp³-hybridized carbons (Fsp3) is 0.652. The van der Waals surface area contributed by atoms with Crippen LogP contribution in [0.2, 0.25) is 0 Å². The number of aliphatic hydroxyl groups is 2. The van der Waals surface area contributed by atoms with E-state index in [2.05, 4.69) is 5.32 Å². The van der Waals surface area contributed by atoms with Crippen LogP contribution in [0, 0.1) is 0 Å². The van der Waals surface area contributed by atoms with Crippen LogP contribution < -0.4 is 5.32 Å². The molecule has 5 unspecified atom stereocenters. The molecule has 184 valence electrons. The van der Waals surface area contributed by atoms with Gasteiger partial charge in [0.05, 0.1) is 6.04 Å². The van der Waals surface area contributed by atoms with Gasteiger partial charge in [-0.2, -0.15) is 0 Å². The number of nitrogens with one attached hydrogen (secondary N) is 1. The number of hydrogen-bond acceptors (Lipinski definition) is 7. The number of carbonyl (C=O) groups is 2. The molecule has 33 heavy (non-hydrogen) atoms. The molecule has 0 radical (unpaired) electrons. The first-order chi connectivity index (χ1) is 15.7. The highest BCUT2D eigenvalue weighted by Crippen LogP contribution is 2.26. The molecular formula is C23H34FN3O6. The Balaban J connectivity index is 1.59. The van der Waals surface area contributed by atoms with E-state index in [0.717, 1.165) is 12.8 Å². The van der Waals surface area contributed by atoms with Crippen molar-refractivity contribution < 1.29 is 34.4 Å². The fourth-order valence-corrected chi connectivity index (χ4v) is 4.61. The Morgan fingerprint density at radius 3 is 2.58 bits per heavy atom. The van der Waals surface area contributed by atoms with Crippen molar-refractivity contribution in [3.05, 3.63) is 23.8 Å². The molecular weight excluding hydrogens is 433 g/mol. The maximum Gasteiger partial charge on any atom is 0.249 e. The standard InChI is InChI=1S/C23H34FN3O6/c1-14(25-21(31)20(30)12-15-7-8-18(28)19(29)11-15)22(32)27-10-3-2-6-17(27)23(33)26-9-4-5-16(24)13-26/h7-8,11,14,16-17,20,23,28-30,33H,2-6,9-10,12-13H2,1H3,(H,25,31). The summed E-state index contributed by atoms with van der Waals surface area (Å²) in [7, 11) is 0. The van der Waals surface area contributed by atoms with Crippen molar-refractivity contribution in [3.8, 4) is 11.5 Å². The minimum absolute atomic E-state index is 0.106. The molecule has 0 bridgehead atoms. The van der Waals surface area contributed by atoms with Crippen molar-refractivity contribution in [2.24, 2.45) is 0 Å². The molecule has 2 saturated heterocycles. The first-order valence-electron chi connectivity index (χ1n) is 11.5. The van der Waals surface area contributed by atoms with Crippen molar-refractivity contribution in [1.82, 2.24) is 15.1 Å². The number of carbonyl (C=O) groups excluding carboxylic acids is 2. The van der Waals surface area contributed by atoms with E-state index in [0.29, 0.717) is 37.9 Å². The lowest BCUT2D eigenvalue weighted by molar-refractivity contribution is -0.149. The number of hydrogen-bond donors (Lipinski definition) is 5. The molecule has 0 aromatic heterocycles. The lowest BCUT2D eigenvalue weighted by Crippen LogP contribution is -2.60. The number of piperidine rings is 2. The van der Waals surface area contributed by atoms with E-state index < -0.39 is 36.5 Å². The van der Waals surface area contributed by atoms with Crippen LogP contribution in [0.25, 0.3) is 0 Å². The van der Waals surface area contributed by atoms with E-state index >= 15 is 0 Å². The van der Waals surface area contributed by atoms with Crippen LogP contribution in [0.4, 0.5) is 4.39 Å². The van der Waals surface area contributed by atoms with Gasteiger partial charge in [0.2, 0.25) is 11.8 Å². The monoisotopic (exact) mass is 467 g/mol. The number of rotatable bonds is 7.